The van der Waals surface area contributed by atoms with E-state index < -0.39 is 21.3 Å². The first-order valence-corrected chi connectivity index (χ1v) is 8.32. The van der Waals surface area contributed by atoms with E-state index in [9.17, 15) is 18.0 Å². The monoisotopic (exact) mass is 306 g/mol. The molecule has 0 spiro atoms. The first-order valence-electron chi connectivity index (χ1n) is 6.50. The van der Waals surface area contributed by atoms with E-state index in [-0.39, 0.29) is 30.5 Å². The predicted octanol–water partition coefficient (Wildman–Crippen LogP) is -0.825. The van der Waals surface area contributed by atoms with E-state index in [0.717, 1.165) is 0 Å². The lowest BCUT2D eigenvalue weighted by molar-refractivity contribution is -0.142. The van der Waals surface area contributed by atoms with Crippen LogP contribution < -0.4 is 5.32 Å². The van der Waals surface area contributed by atoms with Crippen molar-refractivity contribution in [1.29, 1.82) is 0 Å². The highest BCUT2D eigenvalue weighted by Gasteiger charge is 2.39. The third kappa shape index (κ3) is 5.09. The van der Waals surface area contributed by atoms with E-state index in [1.165, 1.54) is 7.11 Å². The summed E-state index contributed by atoms with van der Waals surface area (Å²) in [6.45, 7) is 4.16. The van der Waals surface area contributed by atoms with Crippen molar-refractivity contribution in [2.75, 3.05) is 38.2 Å². The number of ether oxygens (including phenoxy) is 1. The summed E-state index contributed by atoms with van der Waals surface area (Å²) in [5.41, 5.74) is -0.708. The van der Waals surface area contributed by atoms with Gasteiger partial charge in [0, 0.05) is 0 Å². The molecule has 1 saturated heterocycles. The molecule has 7 nitrogen and oxygen atoms in total. The summed E-state index contributed by atoms with van der Waals surface area (Å²) in [5, 5.41) is 2.76. The summed E-state index contributed by atoms with van der Waals surface area (Å²) >= 11 is 0. The average molecular weight is 306 g/mol. The molecule has 0 aromatic rings. The second kappa shape index (κ2) is 6.53. The Balaban J connectivity index is 2.52. The Morgan fingerprint density at radius 3 is 2.45 bits per heavy atom. The molecule has 1 unspecified atom stereocenters. The van der Waals surface area contributed by atoms with Crippen molar-refractivity contribution in [2.24, 2.45) is 0 Å². The molecule has 1 rings (SSSR count). The Morgan fingerprint density at radius 2 is 2.00 bits per heavy atom. The van der Waals surface area contributed by atoms with Crippen LogP contribution in [0.25, 0.3) is 0 Å². The minimum absolute atomic E-state index is 0.0329. The zero-order valence-corrected chi connectivity index (χ0v) is 13.0. The fraction of sp³-hybridized carbons (Fsp3) is 0.833. The molecule has 1 aliphatic heterocycles. The third-order valence-corrected chi connectivity index (χ3v) is 5.24. The molecule has 0 aromatic carbocycles. The van der Waals surface area contributed by atoms with Crippen LogP contribution in [0.4, 0.5) is 0 Å². The number of likely N-dealkylation sites (N-methyl/N-ethyl adjacent to an activating group) is 1. The van der Waals surface area contributed by atoms with E-state index in [0.29, 0.717) is 13.0 Å². The largest absolute Gasteiger partial charge is 0.468 e. The average Bonchev–Trinajstić information content (AvgIpc) is 2.61. The Bertz CT molecular complexity index is 476. The van der Waals surface area contributed by atoms with E-state index in [1.54, 1.807) is 11.8 Å². The molecule has 0 bridgehead atoms. The van der Waals surface area contributed by atoms with Gasteiger partial charge in [0.25, 0.3) is 0 Å². The maximum absolute atomic E-state index is 12.0. The van der Waals surface area contributed by atoms with Crippen LogP contribution in [0.3, 0.4) is 0 Å². The zero-order chi connectivity index (χ0) is 15.4. The normalized spacial score (nSPS) is 24.6. The van der Waals surface area contributed by atoms with Gasteiger partial charge in [-0.15, -0.1) is 0 Å². The molecule has 1 N–H and O–H groups in total. The van der Waals surface area contributed by atoms with E-state index >= 15 is 0 Å². The van der Waals surface area contributed by atoms with Crippen molar-refractivity contribution in [3.8, 4) is 0 Å². The van der Waals surface area contributed by atoms with Gasteiger partial charge in [-0.25, -0.2) is 8.42 Å². The number of hydrogen-bond acceptors (Lipinski definition) is 6. The molecule has 1 aliphatic rings. The maximum atomic E-state index is 12.0. The van der Waals surface area contributed by atoms with Gasteiger partial charge in [0.15, 0.2) is 9.84 Å². The number of sulfone groups is 1. The van der Waals surface area contributed by atoms with Gasteiger partial charge in [0.2, 0.25) is 5.91 Å². The molecule has 1 heterocycles. The van der Waals surface area contributed by atoms with Gasteiger partial charge in [0.1, 0.15) is 0 Å². The summed E-state index contributed by atoms with van der Waals surface area (Å²) in [5.74, 6) is -0.622. The fourth-order valence-corrected chi connectivity index (χ4v) is 4.31. The van der Waals surface area contributed by atoms with Crippen molar-refractivity contribution in [3.63, 3.8) is 0 Å². The zero-order valence-electron chi connectivity index (χ0n) is 12.1. The fourth-order valence-electron chi connectivity index (χ4n) is 2.21. The lowest BCUT2D eigenvalue weighted by atomic mass is 10.0. The van der Waals surface area contributed by atoms with Crippen molar-refractivity contribution in [3.05, 3.63) is 0 Å². The smallest absolute Gasteiger partial charge is 0.319 e. The number of esters is 1. The topological polar surface area (TPSA) is 92.8 Å². The van der Waals surface area contributed by atoms with Crippen LogP contribution >= 0.6 is 0 Å². The van der Waals surface area contributed by atoms with Gasteiger partial charge in [-0.3, -0.25) is 14.5 Å². The van der Waals surface area contributed by atoms with Gasteiger partial charge >= 0.3 is 5.97 Å². The molecular weight excluding hydrogens is 284 g/mol. The second-order valence-electron chi connectivity index (χ2n) is 5.33. The lowest BCUT2D eigenvalue weighted by Gasteiger charge is -2.26. The minimum Gasteiger partial charge on any atom is -0.468 e. The number of nitrogens with one attached hydrogen (secondary N) is 1. The molecule has 0 aromatic heterocycles. The first-order chi connectivity index (χ1) is 9.19. The third-order valence-electron chi connectivity index (χ3n) is 3.34. The maximum Gasteiger partial charge on any atom is 0.319 e. The van der Waals surface area contributed by atoms with E-state index in [1.807, 2.05) is 6.92 Å². The van der Waals surface area contributed by atoms with Gasteiger partial charge in [-0.05, 0) is 19.9 Å². The van der Waals surface area contributed by atoms with Crippen LogP contribution in [-0.2, 0) is 24.2 Å². The van der Waals surface area contributed by atoms with Gasteiger partial charge in [-0.2, -0.15) is 0 Å². The van der Waals surface area contributed by atoms with Gasteiger partial charge in [0.05, 0.1) is 37.2 Å². The Hall–Kier alpha value is -1.15. The molecule has 116 valence electrons. The quantitative estimate of drug-likeness (QED) is 0.644. The number of nitrogens with zero attached hydrogens (tertiary/aromatic N) is 1. The van der Waals surface area contributed by atoms with Crippen molar-refractivity contribution < 1.29 is 22.7 Å². The molecule has 1 amide bonds. The van der Waals surface area contributed by atoms with Crippen LogP contribution in [0.15, 0.2) is 0 Å². The Labute approximate surface area is 119 Å². The highest BCUT2D eigenvalue weighted by molar-refractivity contribution is 7.91. The first kappa shape index (κ1) is 16.9. The highest BCUT2D eigenvalue weighted by Crippen LogP contribution is 2.22. The lowest BCUT2D eigenvalue weighted by Crippen LogP contribution is -2.50. The summed E-state index contributed by atoms with van der Waals surface area (Å²) in [6, 6.07) is 0. The summed E-state index contributed by atoms with van der Waals surface area (Å²) < 4.78 is 27.5. The number of hydrogen-bond donors (Lipinski definition) is 1. The van der Waals surface area contributed by atoms with Gasteiger partial charge in [-0.1, -0.05) is 6.92 Å². The summed E-state index contributed by atoms with van der Waals surface area (Å²) in [7, 11) is -1.77. The standard InChI is InChI=1S/C12H22N2O5S/c1-4-14(8-11(16)19-3)7-10(15)13-12(2)5-6-20(17,18)9-12/h4-9H2,1-3H3,(H,13,15). The van der Waals surface area contributed by atoms with Crippen LogP contribution in [-0.4, -0.2) is 69.0 Å². The predicted molar refractivity (Wildman–Crippen MR) is 73.9 cm³/mol. The van der Waals surface area contributed by atoms with Gasteiger partial charge < -0.3 is 10.1 Å². The van der Waals surface area contributed by atoms with Crippen LogP contribution in [0.1, 0.15) is 20.3 Å². The highest BCUT2D eigenvalue weighted by atomic mass is 32.2. The molecule has 8 heteroatoms. The van der Waals surface area contributed by atoms with Crippen LogP contribution in [0.2, 0.25) is 0 Å². The van der Waals surface area contributed by atoms with Crippen molar-refractivity contribution >= 4 is 21.7 Å². The summed E-state index contributed by atoms with van der Waals surface area (Å²) in [4.78, 5) is 24.8. The number of rotatable bonds is 6. The van der Waals surface area contributed by atoms with Crippen molar-refractivity contribution in [2.45, 2.75) is 25.8 Å². The second-order valence-corrected chi connectivity index (χ2v) is 7.51. The molecule has 1 fully saturated rings. The Kier molecular flexibility index (Phi) is 5.52. The number of methoxy groups -OCH3 is 1. The Morgan fingerprint density at radius 1 is 1.35 bits per heavy atom. The number of carbonyl (C=O) groups is 2. The molecular formula is C12H22N2O5S. The molecule has 0 aliphatic carbocycles. The van der Waals surface area contributed by atoms with E-state index in [2.05, 4.69) is 10.1 Å². The molecule has 0 radical (unpaired) electrons. The van der Waals surface area contributed by atoms with Crippen LogP contribution in [0, 0.1) is 0 Å². The number of amides is 1. The summed E-state index contributed by atoms with van der Waals surface area (Å²) in [6.07, 6.45) is 0.421. The van der Waals surface area contributed by atoms with E-state index in [4.69, 9.17) is 0 Å². The van der Waals surface area contributed by atoms with Crippen LogP contribution in [0.5, 0.6) is 0 Å². The number of carbonyl (C=O) groups excluding carboxylic acids is 2. The SMILES string of the molecule is CCN(CC(=O)NC1(C)CCS(=O)(=O)C1)CC(=O)OC. The molecule has 1 atom stereocenters. The molecule has 20 heavy (non-hydrogen) atoms. The molecule has 0 saturated carbocycles. The van der Waals surface area contributed by atoms with Crippen molar-refractivity contribution in [1.82, 2.24) is 10.2 Å². The minimum atomic E-state index is -3.06.